The molecule has 0 spiro atoms. The number of rotatable bonds is 6. The Morgan fingerprint density at radius 2 is 1.97 bits per heavy atom. The van der Waals surface area contributed by atoms with Gasteiger partial charge in [0.25, 0.3) is 11.8 Å². The minimum Gasteiger partial charge on any atom is -0.493 e. The fraction of sp³-hybridized carbons (Fsp3) is 0.100. The Balaban J connectivity index is 2.01. The first kappa shape index (κ1) is 22.6. The summed E-state index contributed by atoms with van der Waals surface area (Å²) >= 11 is 8.02. The molecule has 1 heterocycles. The number of nitrogens with one attached hydrogen (secondary N) is 1. The summed E-state index contributed by atoms with van der Waals surface area (Å²) in [7, 11) is 1.37. The molecule has 0 aliphatic carbocycles. The lowest BCUT2D eigenvalue weighted by atomic mass is 10.1. The maximum atomic E-state index is 13.0. The Morgan fingerprint density at radius 3 is 2.61 bits per heavy atom. The van der Waals surface area contributed by atoms with Crippen LogP contribution in [0.1, 0.15) is 5.56 Å². The van der Waals surface area contributed by atoms with Crippen LogP contribution in [0.25, 0.3) is 6.08 Å². The van der Waals surface area contributed by atoms with Crippen molar-refractivity contribution in [2.75, 3.05) is 18.6 Å². The Kier molecular flexibility index (Phi) is 6.81. The molecule has 0 unspecified atom stereocenters. The van der Waals surface area contributed by atoms with Crippen molar-refractivity contribution in [1.29, 1.82) is 0 Å². The number of urea groups is 1. The monoisotopic (exact) mass is 556 g/mol. The van der Waals surface area contributed by atoms with E-state index < -0.39 is 30.4 Å². The van der Waals surface area contributed by atoms with Gasteiger partial charge in [0.05, 0.1) is 21.4 Å². The predicted octanol–water partition coefficient (Wildman–Crippen LogP) is 3.08. The number of aliphatic carboxylic acids is 1. The van der Waals surface area contributed by atoms with Crippen molar-refractivity contribution in [1.82, 2.24) is 5.32 Å². The van der Waals surface area contributed by atoms with Gasteiger partial charge in [0.15, 0.2) is 18.1 Å². The molecule has 0 bridgehead atoms. The van der Waals surface area contributed by atoms with Crippen molar-refractivity contribution < 1.29 is 33.8 Å². The highest BCUT2D eigenvalue weighted by Crippen LogP contribution is 2.35. The number of amides is 4. The number of halogens is 2. The summed E-state index contributed by atoms with van der Waals surface area (Å²) in [5, 5.41) is 11.1. The second-order valence-electron chi connectivity index (χ2n) is 6.13. The largest absolute Gasteiger partial charge is 0.493 e. The van der Waals surface area contributed by atoms with Crippen LogP contribution >= 0.6 is 34.2 Å². The number of ether oxygens (including phenoxy) is 2. The molecular weight excluding hydrogens is 543 g/mol. The number of anilines is 1. The molecule has 1 aliphatic rings. The molecule has 0 atom stereocenters. The number of hydrogen-bond acceptors (Lipinski definition) is 6. The van der Waals surface area contributed by atoms with Gasteiger partial charge in [-0.1, -0.05) is 23.7 Å². The second kappa shape index (κ2) is 9.35. The van der Waals surface area contributed by atoms with Gasteiger partial charge >= 0.3 is 12.0 Å². The number of carbonyl (C=O) groups excluding carboxylic acids is 3. The van der Waals surface area contributed by atoms with Crippen LogP contribution in [0.4, 0.5) is 10.5 Å². The zero-order chi connectivity index (χ0) is 22.7. The van der Waals surface area contributed by atoms with Gasteiger partial charge in [-0.3, -0.25) is 14.9 Å². The van der Waals surface area contributed by atoms with Crippen molar-refractivity contribution in [3.63, 3.8) is 0 Å². The van der Waals surface area contributed by atoms with Crippen molar-refractivity contribution >= 4 is 69.8 Å². The molecule has 31 heavy (non-hydrogen) atoms. The number of carboxylic acids is 1. The van der Waals surface area contributed by atoms with Gasteiger partial charge in [-0.05, 0) is 58.5 Å². The van der Waals surface area contributed by atoms with Crippen LogP contribution in [0.2, 0.25) is 5.02 Å². The minimum atomic E-state index is -1.15. The first-order valence-corrected chi connectivity index (χ1v) is 10.1. The molecule has 160 valence electrons. The number of barbiturate groups is 1. The number of imide groups is 2. The number of para-hydroxylation sites is 1. The molecular formula is C20H14ClIN2O7. The minimum absolute atomic E-state index is 0.134. The van der Waals surface area contributed by atoms with E-state index in [1.165, 1.54) is 31.4 Å². The third-order valence-corrected chi connectivity index (χ3v) is 5.22. The van der Waals surface area contributed by atoms with Crippen LogP contribution in [0.5, 0.6) is 11.5 Å². The molecule has 2 N–H and O–H groups in total. The van der Waals surface area contributed by atoms with Crippen molar-refractivity contribution in [2.24, 2.45) is 0 Å². The molecule has 0 saturated carbocycles. The third kappa shape index (κ3) is 4.80. The third-order valence-electron chi connectivity index (χ3n) is 4.10. The average Bonchev–Trinajstić information content (AvgIpc) is 2.71. The van der Waals surface area contributed by atoms with E-state index in [0.29, 0.717) is 9.13 Å². The van der Waals surface area contributed by atoms with E-state index in [4.69, 9.17) is 26.2 Å². The summed E-state index contributed by atoms with van der Waals surface area (Å²) in [4.78, 5) is 49.2. The van der Waals surface area contributed by atoms with E-state index in [0.717, 1.165) is 4.90 Å². The summed E-state index contributed by atoms with van der Waals surface area (Å²) in [6.07, 6.45) is 1.29. The van der Waals surface area contributed by atoms with Crippen LogP contribution in [-0.2, 0) is 14.4 Å². The lowest BCUT2D eigenvalue weighted by molar-refractivity contribution is -0.139. The second-order valence-corrected chi connectivity index (χ2v) is 7.70. The smallest absolute Gasteiger partial charge is 0.341 e. The number of carboxylic acid groups (broad SMARTS) is 1. The SMILES string of the molecule is COc1cc(/C=C2\C(=O)NC(=O)N(c3ccccc3Cl)C2=O)cc(I)c1OCC(=O)O. The Hall–Kier alpha value is -3.12. The van der Waals surface area contributed by atoms with Gasteiger partial charge in [-0.25, -0.2) is 14.5 Å². The van der Waals surface area contributed by atoms with Crippen molar-refractivity contribution in [2.45, 2.75) is 0 Å². The van der Waals surface area contributed by atoms with E-state index in [2.05, 4.69) is 5.32 Å². The van der Waals surface area contributed by atoms with Gasteiger partial charge in [-0.15, -0.1) is 0 Å². The number of carbonyl (C=O) groups is 4. The molecule has 4 amide bonds. The average molecular weight is 557 g/mol. The zero-order valence-corrected chi connectivity index (χ0v) is 18.8. The van der Waals surface area contributed by atoms with Crippen LogP contribution in [0, 0.1) is 3.57 Å². The van der Waals surface area contributed by atoms with Gasteiger partial charge in [0.1, 0.15) is 5.57 Å². The van der Waals surface area contributed by atoms with E-state index in [9.17, 15) is 19.2 Å². The van der Waals surface area contributed by atoms with Gasteiger partial charge in [0, 0.05) is 0 Å². The zero-order valence-electron chi connectivity index (χ0n) is 15.8. The topological polar surface area (TPSA) is 122 Å². The molecule has 0 radical (unpaired) electrons. The summed E-state index contributed by atoms with van der Waals surface area (Å²) in [6, 6.07) is 8.37. The first-order valence-electron chi connectivity index (χ1n) is 8.61. The summed E-state index contributed by atoms with van der Waals surface area (Å²) in [6.45, 7) is -0.567. The summed E-state index contributed by atoms with van der Waals surface area (Å²) in [5.41, 5.74) is 0.238. The van der Waals surface area contributed by atoms with Gasteiger partial charge in [0.2, 0.25) is 0 Å². The number of benzene rings is 2. The van der Waals surface area contributed by atoms with Gasteiger partial charge in [-0.2, -0.15) is 0 Å². The standard InChI is InChI=1S/C20H14ClIN2O7/c1-30-15-8-10(7-13(22)17(15)31-9-16(25)26)6-11-18(27)23-20(29)24(19(11)28)14-5-3-2-4-12(14)21/h2-8H,9H2,1H3,(H,25,26)(H,23,27,29)/b11-6+. The highest BCUT2D eigenvalue weighted by atomic mass is 127. The van der Waals surface area contributed by atoms with E-state index in [-0.39, 0.29) is 27.8 Å². The fourth-order valence-corrected chi connectivity index (χ4v) is 3.77. The van der Waals surface area contributed by atoms with Crippen LogP contribution in [-0.4, -0.2) is 42.6 Å². The Labute approximate surface area is 194 Å². The fourth-order valence-electron chi connectivity index (χ4n) is 2.77. The molecule has 1 fully saturated rings. The highest BCUT2D eigenvalue weighted by molar-refractivity contribution is 14.1. The molecule has 9 nitrogen and oxygen atoms in total. The molecule has 11 heteroatoms. The van der Waals surface area contributed by atoms with Crippen LogP contribution in [0.3, 0.4) is 0 Å². The number of methoxy groups -OCH3 is 1. The lowest BCUT2D eigenvalue weighted by Crippen LogP contribution is -2.54. The molecule has 2 aromatic carbocycles. The number of hydrogen-bond donors (Lipinski definition) is 2. The van der Waals surface area contributed by atoms with Crippen molar-refractivity contribution in [3.8, 4) is 11.5 Å². The molecule has 1 aliphatic heterocycles. The normalized spacial score (nSPS) is 15.1. The quantitative estimate of drug-likeness (QED) is 0.319. The number of nitrogens with zero attached hydrogens (tertiary/aromatic N) is 1. The van der Waals surface area contributed by atoms with Gasteiger partial charge < -0.3 is 14.6 Å². The maximum absolute atomic E-state index is 13.0. The first-order chi connectivity index (χ1) is 14.7. The lowest BCUT2D eigenvalue weighted by Gasteiger charge is -2.27. The molecule has 1 saturated heterocycles. The predicted molar refractivity (Wildman–Crippen MR) is 119 cm³/mol. The van der Waals surface area contributed by atoms with Crippen LogP contribution < -0.4 is 19.7 Å². The molecule has 3 rings (SSSR count). The Morgan fingerprint density at radius 1 is 1.26 bits per heavy atom. The summed E-state index contributed by atoms with van der Waals surface area (Å²) < 4.78 is 11.0. The maximum Gasteiger partial charge on any atom is 0.341 e. The van der Waals surface area contributed by atoms with E-state index in [1.54, 1.807) is 18.2 Å². The van der Waals surface area contributed by atoms with Crippen molar-refractivity contribution in [3.05, 3.63) is 56.1 Å². The van der Waals surface area contributed by atoms with E-state index in [1.807, 2.05) is 22.6 Å². The molecule has 0 aromatic heterocycles. The van der Waals surface area contributed by atoms with E-state index >= 15 is 0 Å². The Bertz CT molecular complexity index is 1130. The molecule has 2 aromatic rings. The van der Waals surface area contributed by atoms with Crippen LogP contribution in [0.15, 0.2) is 42.0 Å². The highest BCUT2D eigenvalue weighted by Gasteiger charge is 2.37. The summed E-state index contributed by atoms with van der Waals surface area (Å²) in [5.74, 6) is -2.44.